The minimum atomic E-state index is 1.22. The van der Waals surface area contributed by atoms with E-state index in [1.807, 2.05) is 19.9 Å². The summed E-state index contributed by atoms with van der Waals surface area (Å²) in [7, 11) is 2.14. The summed E-state index contributed by atoms with van der Waals surface area (Å²) in [4.78, 5) is 0. The van der Waals surface area contributed by atoms with Crippen LogP contribution in [-0.4, -0.2) is 4.57 Å². The number of rotatable bonds is 2. The summed E-state index contributed by atoms with van der Waals surface area (Å²) in [6.45, 7) is 6.15. The molecule has 0 saturated carbocycles. The molecule has 0 radical (unpaired) electrons. The van der Waals surface area contributed by atoms with Crippen LogP contribution in [-0.2, 0) is 7.05 Å². The maximum absolute atomic E-state index is 2.29. The molecule has 3 aromatic carbocycles. The third-order valence-corrected chi connectivity index (χ3v) is 4.45. The molecule has 1 nitrogen and oxygen atoms in total. The summed E-state index contributed by atoms with van der Waals surface area (Å²) < 4.78 is 2.27. The first kappa shape index (κ1) is 17.0. The highest BCUT2D eigenvalue weighted by molar-refractivity contribution is 6.08. The monoisotopic (exact) mass is 327 g/mol. The molecule has 4 aromatic rings. The van der Waals surface area contributed by atoms with Crippen LogP contribution in [0.5, 0.6) is 0 Å². The molecule has 4 rings (SSSR count). The second-order valence-corrected chi connectivity index (χ2v) is 6.10. The Morgan fingerprint density at radius 1 is 0.680 bits per heavy atom. The summed E-state index contributed by atoms with van der Waals surface area (Å²) in [6.07, 6.45) is 4.35. The summed E-state index contributed by atoms with van der Waals surface area (Å²) in [6, 6.07) is 23.8. The lowest BCUT2D eigenvalue weighted by atomic mass is 10.1. The average molecular weight is 327 g/mol. The molecule has 0 bridgehead atoms. The van der Waals surface area contributed by atoms with Crippen molar-refractivity contribution in [1.82, 2.24) is 4.57 Å². The van der Waals surface area contributed by atoms with E-state index in [4.69, 9.17) is 0 Å². The van der Waals surface area contributed by atoms with Gasteiger partial charge in [0.1, 0.15) is 0 Å². The van der Waals surface area contributed by atoms with Gasteiger partial charge in [0.25, 0.3) is 0 Å². The lowest BCUT2D eigenvalue weighted by Crippen LogP contribution is -1.86. The molecule has 1 aromatic heterocycles. The normalized spacial score (nSPS) is 11.0. The third-order valence-electron chi connectivity index (χ3n) is 4.45. The zero-order valence-corrected chi connectivity index (χ0v) is 15.5. The number of aryl methyl sites for hydroxylation is 2. The van der Waals surface area contributed by atoms with Crippen molar-refractivity contribution in [3.63, 3.8) is 0 Å². The Bertz CT molecular complexity index is 1020. The molecular formula is C24H25N. The van der Waals surface area contributed by atoms with Crippen LogP contribution in [0.25, 0.3) is 34.0 Å². The molecule has 25 heavy (non-hydrogen) atoms. The van der Waals surface area contributed by atoms with Crippen LogP contribution in [0.2, 0.25) is 0 Å². The molecule has 0 saturated heterocycles. The van der Waals surface area contributed by atoms with Gasteiger partial charge in [0.05, 0.1) is 0 Å². The van der Waals surface area contributed by atoms with E-state index in [-0.39, 0.29) is 0 Å². The molecule has 0 N–H and O–H groups in total. The van der Waals surface area contributed by atoms with Crippen molar-refractivity contribution in [3.8, 4) is 0 Å². The molecular weight excluding hydrogens is 302 g/mol. The van der Waals surface area contributed by atoms with Gasteiger partial charge in [-0.15, -0.1) is 0 Å². The highest BCUT2D eigenvalue weighted by Gasteiger charge is 2.08. The Morgan fingerprint density at radius 2 is 1.28 bits per heavy atom. The third kappa shape index (κ3) is 3.36. The molecule has 0 spiro atoms. The summed E-state index contributed by atoms with van der Waals surface area (Å²) >= 11 is 0. The van der Waals surface area contributed by atoms with Gasteiger partial charge in [0, 0.05) is 28.9 Å². The van der Waals surface area contributed by atoms with Crippen molar-refractivity contribution >= 4 is 34.0 Å². The van der Waals surface area contributed by atoms with Crippen LogP contribution in [0.4, 0.5) is 0 Å². The highest BCUT2D eigenvalue weighted by atomic mass is 14.9. The predicted molar refractivity (Wildman–Crippen MR) is 112 cm³/mol. The molecule has 1 heteroatoms. The van der Waals surface area contributed by atoms with Crippen LogP contribution < -0.4 is 0 Å². The fourth-order valence-corrected chi connectivity index (χ4v) is 3.21. The zero-order chi connectivity index (χ0) is 17.8. The lowest BCUT2D eigenvalue weighted by Gasteiger charge is -1.99. The Balaban J connectivity index is 0.000000880. The minimum Gasteiger partial charge on any atom is -0.344 e. The smallest absolute Gasteiger partial charge is 0.0489 e. The van der Waals surface area contributed by atoms with E-state index in [0.717, 1.165) is 0 Å². The van der Waals surface area contributed by atoms with Crippen molar-refractivity contribution in [2.75, 3.05) is 0 Å². The number of fused-ring (bicyclic) bond motifs is 3. The zero-order valence-electron chi connectivity index (χ0n) is 15.5. The second-order valence-electron chi connectivity index (χ2n) is 6.10. The van der Waals surface area contributed by atoms with E-state index in [2.05, 4.69) is 91.4 Å². The van der Waals surface area contributed by atoms with Crippen molar-refractivity contribution in [2.45, 2.75) is 20.8 Å². The maximum atomic E-state index is 2.29. The molecule has 0 amide bonds. The largest absolute Gasteiger partial charge is 0.344 e. The van der Waals surface area contributed by atoms with Crippen LogP contribution in [0, 0.1) is 6.92 Å². The molecule has 1 heterocycles. The van der Waals surface area contributed by atoms with Crippen LogP contribution in [0.1, 0.15) is 30.5 Å². The number of nitrogens with zero attached hydrogens (tertiary/aromatic N) is 1. The summed E-state index contributed by atoms with van der Waals surface area (Å²) in [5, 5.41) is 2.65. The Kier molecular flexibility index (Phi) is 5.04. The van der Waals surface area contributed by atoms with Crippen molar-refractivity contribution in [1.29, 1.82) is 0 Å². The van der Waals surface area contributed by atoms with Gasteiger partial charge in [-0.2, -0.15) is 0 Å². The fraction of sp³-hybridized carbons (Fsp3) is 0.167. The Hall–Kier alpha value is -2.80. The van der Waals surface area contributed by atoms with Gasteiger partial charge in [0.15, 0.2) is 0 Å². The van der Waals surface area contributed by atoms with E-state index in [1.54, 1.807) is 0 Å². The topological polar surface area (TPSA) is 4.93 Å². The highest BCUT2D eigenvalue weighted by Crippen LogP contribution is 2.30. The molecule has 0 unspecified atom stereocenters. The Morgan fingerprint density at radius 3 is 2.00 bits per heavy atom. The van der Waals surface area contributed by atoms with Gasteiger partial charge < -0.3 is 4.57 Å². The molecule has 0 aliphatic carbocycles. The van der Waals surface area contributed by atoms with E-state index >= 15 is 0 Å². The molecule has 0 fully saturated rings. The summed E-state index contributed by atoms with van der Waals surface area (Å²) in [5.74, 6) is 0. The van der Waals surface area contributed by atoms with Gasteiger partial charge in [-0.25, -0.2) is 0 Å². The van der Waals surface area contributed by atoms with Crippen LogP contribution >= 0.6 is 0 Å². The van der Waals surface area contributed by atoms with E-state index in [9.17, 15) is 0 Å². The standard InChI is InChI=1S/C22H19N.C2H6/c1-16-8-12-21-19(14-16)20-15-18(11-13-22(20)23(21)2)10-9-17-6-4-3-5-7-17;1-2/h3-15H,1-2H3;1-2H3. The minimum absolute atomic E-state index is 1.22. The quantitative estimate of drug-likeness (QED) is 0.355. The van der Waals surface area contributed by atoms with Gasteiger partial charge >= 0.3 is 0 Å². The van der Waals surface area contributed by atoms with Crippen LogP contribution in [0.15, 0.2) is 66.7 Å². The van der Waals surface area contributed by atoms with Crippen LogP contribution in [0.3, 0.4) is 0 Å². The van der Waals surface area contributed by atoms with Crippen molar-refractivity contribution < 1.29 is 0 Å². The summed E-state index contributed by atoms with van der Waals surface area (Å²) in [5.41, 5.74) is 6.32. The first-order valence-corrected chi connectivity index (χ1v) is 8.94. The molecule has 0 aliphatic heterocycles. The lowest BCUT2D eigenvalue weighted by molar-refractivity contribution is 1.01. The van der Waals surface area contributed by atoms with Crippen molar-refractivity contribution in [3.05, 3.63) is 83.4 Å². The fourth-order valence-electron chi connectivity index (χ4n) is 3.21. The number of hydrogen-bond acceptors (Lipinski definition) is 0. The number of hydrogen-bond donors (Lipinski definition) is 0. The van der Waals surface area contributed by atoms with E-state index < -0.39 is 0 Å². The molecule has 126 valence electrons. The van der Waals surface area contributed by atoms with Gasteiger partial charge in [-0.1, -0.05) is 74.0 Å². The first-order valence-electron chi connectivity index (χ1n) is 8.94. The number of aromatic nitrogens is 1. The Labute approximate surface area is 150 Å². The van der Waals surface area contributed by atoms with E-state index in [1.165, 1.54) is 38.5 Å². The van der Waals surface area contributed by atoms with Gasteiger partial charge in [-0.3, -0.25) is 0 Å². The predicted octanol–water partition coefficient (Wildman–Crippen LogP) is 6.84. The second kappa shape index (κ2) is 7.40. The number of benzene rings is 3. The maximum Gasteiger partial charge on any atom is 0.0489 e. The average Bonchev–Trinajstić information content (AvgIpc) is 2.94. The molecule has 0 aliphatic rings. The van der Waals surface area contributed by atoms with Crippen molar-refractivity contribution in [2.24, 2.45) is 7.05 Å². The SMILES string of the molecule is CC.Cc1ccc2c(c1)c1cc(C=Cc3ccccc3)ccc1n2C. The van der Waals surface area contributed by atoms with E-state index in [0.29, 0.717) is 0 Å². The first-order chi connectivity index (χ1) is 12.2. The molecule has 0 atom stereocenters. The van der Waals surface area contributed by atoms with Gasteiger partial charge in [0.2, 0.25) is 0 Å². The van der Waals surface area contributed by atoms with Gasteiger partial charge in [-0.05, 0) is 42.3 Å².